The van der Waals surface area contributed by atoms with E-state index in [9.17, 15) is 13.2 Å². The Kier molecular flexibility index (Phi) is 5.88. The average Bonchev–Trinajstić information content (AvgIpc) is 2.94. The molecule has 0 N–H and O–H groups in total. The summed E-state index contributed by atoms with van der Waals surface area (Å²) in [5.41, 5.74) is 2.18. The first kappa shape index (κ1) is 21.5. The highest BCUT2D eigenvalue weighted by atomic mass is 35.5. The van der Waals surface area contributed by atoms with E-state index in [-0.39, 0.29) is 0 Å². The predicted molar refractivity (Wildman–Crippen MR) is 110 cm³/mol. The van der Waals surface area contributed by atoms with Gasteiger partial charge in [0.15, 0.2) is 0 Å². The van der Waals surface area contributed by atoms with Crippen LogP contribution in [0.1, 0.15) is 34.9 Å². The van der Waals surface area contributed by atoms with Gasteiger partial charge in [-0.25, -0.2) is 4.98 Å². The second-order valence-corrected chi connectivity index (χ2v) is 7.52. The summed E-state index contributed by atoms with van der Waals surface area (Å²) in [6, 6.07) is 2.31. The molecule has 3 aromatic rings. The van der Waals surface area contributed by atoms with Gasteiger partial charge in [-0.05, 0) is 42.7 Å². The third-order valence-corrected chi connectivity index (χ3v) is 5.44. The number of benzene rings is 1. The topological polar surface area (TPSA) is 27.1 Å². The molecule has 0 atom stereocenters. The van der Waals surface area contributed by atoms with Crippen LogP contribution in [0.5, 0.6) is 0 Å². The van der Waals surface area contributed by atoms with Crippen LogP contribution in [0.15, 0.2) is 31.1 Å². The van der Waals surface area contributed by atoms with Crippen molar-refractivity contribution in [2.45, 2.75) is 26.4 Å². The van der Waals surface area contributed by atoms with E-state index in [2.05, 4.69) is 11.6 Å². The van der Waals surface area contributed by atoms with Crippen LogP contribution in [0.4, 0.5) is 13.2 Å². The molecule has 0 amide bonds. The van der Waals surface area contributed by atoms with Gasteiger partial charge in [0.05, 0.1) is 22.2 Å². The first-order chi connectivity index (χ1) is 13.5. The van der Waals surface area contributed by atoms with Crippen molar-refractivity contribution in [2.24, 2.45) is 7.05 Å². The molecule has 29 heavy (non-hydrogen) atoms. The Morgan fingerprint density at radius 2 is 1.97 bits per heavy atom. The number of halogens is 5. The maximum Gasteiger partial charge on any atom is 0.416 e. The standard InChI is InChI=1S/C21H19Cl2F3N2O/c1-5-29-12(3)20-19(23)15(16(22)9-27-20)7-13-10-28(4)17-8-14(21(24,25)26)6-11(2)18(13)17/h6,8-10H,3,5,7H2,1-2,4H3. The molecule has 3 rings (SSSR count). The van der Waals surface area contributed by atoms with Crippen LogP contribution in [0.2, 0.25) is 10.0 Å². The summed E-state index contributed by atoms with van der Waals surface area (Å²) in [5, 5.41) is 1.43. The van der Waals surface area contributed by atoms with Crippen molar-refractivity contribution in [3.05, 3.63) is 69.1 Å². The molecule has 2 heterocycles. The van der Waals surface area contributed by atoms with Crippen molar-refractivity contribution in [3.8, 4) is 0 Å². The Balaban J connectivity index is 2.12. The number of hydrogen-bond acceptors (Lipinski definition) is 2. The minimum atomic E-state index is -4.41. The average molecular weight is 443 g/mol. The van der Waals surface area contributed by atoms with Gasteiger partial charge in [-0.1, -0.05) is 29.8 Å². The van der Waals surface area contributed by atoms with Gasteiger partial charge in [-0.3, -0.25) is 0 Å². The molecule has 0 saturated heterocycles. The van der Waals surface area contributed by atoms with Gasteiger partial charge in [0, 0.05) is 36.8 Å². The number of nitrogens with zero attached hydrogens (tertiary/aromatic N) is 2. The summed E-state index contributed by atoms with van der Waals surface area (Å²) in [7, 11) is 1.71. The number of fused-ring (bicyclic) bond motifs is 1. The molecule has 0 bridgehead atoms. The summed E-state index contributed by atoms with van der Waals surface area (Å²) >= 11 is 12.9. The molecule has 0 aliphatic carbocycles. The Bertz CT molecular complexity index is 1100. The maximum absolute atomic E-state index is 13.2. The zero-order valence-corrected chi connectivity index (χ0v) is 17.6. The zero-order valence-electron chi connectivity index (χ0n) is 16.1. The first-order valence-electron chi connectivity index (χ1n) is 8.85. The van der Waals surface area contributed by atoms with Crippen LogP contribution >= 0.6 is 23.2 Å². The number of alkyl halides is 3. The Labute approximate surface area is 176 Å². The van der Waals surface area contributed by atoms with Gasteiger partial charge in [-0.2, -0.15) is 13.2 Å². The third kappa shape index (κ3) is 4.09. The van der Waals surface area contributed by atoms with E-state index in [1.807, 2.05) is 6.92 Å². The Morgan fingerprint density at radius 3 is 2.59 bits per heavy atom. The van der Waals surface area contributed by atoms with Crippen LogP contribution < -0.4 is 0 Å². The minimum absolute atomic E-state index is 0.317. The van der Waals surface area contributed by atoms with Crippen molar-refractivity contribution in [3.63, 3.8) is 0 Å². The van der Waals surface area contributed by atoms with Gasteiger partial charge in [0.25, 0.3) is 0 Å². The fourth-order valence-corrected chi connectivity index (χ4v) is 4.00. The quantitative estimate of drug-likeness (QED) is 0.406. The van der Waals surface area contributed by atoms with Crippen LogP contribution in [0.3, 0.4) is 0 Å². The Morgan fingerprint density at radius 1 is 1.28 bits per heavy atom. The van der Waals surface area contributed by atoms with E-state index in [1.54, 1.807) is 24.7 Å². The molecule has 0 radical (unpaired) electrons. The first-order valence-corrected chi connectivity index (χ1v) is 9.60. The van der Waals surface area contributed by atoms with Crippen molar-refractivity contribution >= 4 is 39.9 Å². The van der Waals surface area contributed by atoms with E-state index in [0.717, 1.165) is 23.1 Å². The molecule has 0 aliphatic rings. The van der Waals surface area contributed by atoms with Crippen LogP contribution in [-0.4, -0.2) is 16.2 Å². The van der Waals surface area contributed by atoms with Gasteiger partial charge in [0.2, 0.25) is 0 Å². The summed E-state index contributed by atoms with van der Waals surface area (Å²) in [6.07, 6.45) is -0.810. The lowest BCUT2D eigenvalue weighted by Crippen LogP contribution is -2.05. The van der Waals surface area contributed by atoms with Crippen LogP contribution in [0, 0.1) is 6.92 Å². The maximum atomic E-state index is 13.2. The number of ether oxygens (including phenoxy) is 1. The molecule has 154 valence electrons. The lowest BCUT2D eigenvalue weighted by molar-refractivity contribution is -0.137. The molecule has 0 aliphatic heterocycles. The van der Waals surface area contributed by atoms with Crippen molar-refractivity contribution < 1.29 is 17.9 Å². The van der Waals surface area contributed by atoms with Crippen molar-refractivity contribution in [2.75, 3.05) is 6.61 Å². The number of aromatic nitrogens is 2. The van der Waals surface area contributed by atoms with E-state index in [0.29, 0.717) is 51.2 Å². The highest BCUT2D eigenvalue weighted by Gasteiger charge is 2.31. The van der Waals surface area contributed by atoms with E-state index in [1.165, 1.54) is 6.20 Å². The fraction of sp³-hybridized carbons (Fsp3) is 0.286. The largest absolute Gasteiger partial charge is 0.492 e. The summed E-state index contributed by atoms with van der Waals surface area (Å²) in [4.78, 5) is 4.20. The highest BCUT2D eigenvalue weighted by molar-refractivity contribution is 6.36. The number of aryl methyl sites for hydroxylation is 2. The summed E-state index contributed by atoms with van der Waals surface area (Å²) in [5.74, 6) is 0.333. The molecule has 0 saturated carbocycles. The SMILES string of the molecule is C=C(OCC)c1ncc(Cl)c(Cc2cn(C)c3cc(C(F)(F)F)cc(C)c23)c1Cl. The number of rotatable bonds is 5. The monoisotopic (exact) mass is 442 g/mol. The van der Waals surface area contributed by atoms with Crippen LogP contribution in [0.25, 0.3) is 16.7 Å². The van der Waals surface area contributed by atoms with E-state index >= 15 is 0 Å². The Hall–Kier alpha value is -2.18. The minimum Gasteiger partial charge on any atom is -0.492 e. The van der Waals surface area contributed by atoms with Gasteiger partial charge >= 0.3 is 6.18 Å². The summed E-state index contributed by atoms with van der Waals surface area (Å²) < 4.78 is 46.7. The lowest BCUT2D eigenvalue weighted by atomic mass is 9.99. The normalized spacial score (nSPS) is 11.9. The van der Waals surface area contributed by atoms with E-state index < -0.39 is 11.7 Å². The molecule has 3 nitrogen and oxygen atoms in total. The molecule has 2 aromatic heterocycles. The number of pyridine rings is 1. The van der Waals surface area contributed by atoms with Crippen LogP contribution in [-0.2, 0) is 24.4 Å². The predicted octanol–water partition coefficient (Wildman–Crippen LogP) is 6.81. The van der Waals surface area contributed by atoms with Crippen molar-refractivity contribution in [1.82, 2.24) is 9.55 Å². The molecule has 1 aromatic carbocycles. The smallest absolute Gasteiger partial charge is 0.416 e. The zero-order chi connectivity index (χ0) is 21.5. The number of hydrogen-bond donors (Lipinski definition) is 0. The third-order valence-electron chi connectivity index (χ3n) is 4.71. The molecular formula is C21H19Cl2F3N2O. The highest BCUT2D eigenvalue weighted by Crippen LogP contribution is 2.37. The van der Waals surface area contributed by atoms with Crippen molar-refractivity contribution in [1.29, 1.82) is 0 Å². The van der Waals surface area contributed by atoms with E-state index in [4.69, 9.17) is 27.9 Å². The molecule has 0 spiro atoms. The second-order valence-electron chi connectivity index (χ2n) is 6.73. The van der Waals surface area contributed by atoms with Gasteiger partial charge in [0.1, 0.15) is 11.5 Å². The molecule has 0 unspecified atom stereocenters. The van der Waals surface area contributed by atoms with Gasteiger partial charge in [-0.15, -0.1) is 0 Å². The molecule has 0 fully saturated rings. The summed E-state index contributed by atoms with van der Waals surface area (Å²) in [6.45, 7) is 7.74. The fourth-order valence-electron chi connectivity index (χ4n) is 3.42. The lowest BCUT2D eigenvalue weighted by Gasteiger charge is -2.13. The second kappa shape index (κ2) is 7.92. The molecular weight excluding hydrogens is 424 g/mol. The van der Waals surface area contributed by atoms with Gasteiger partial charge < -0.3 is 9.30 Å². The molecule has 8 heteroatoms.